The van der Waals surface area contributed by atoms with E-state index in [-0.39, 0.29) is 0 Å². The highest BCUT2D eigenvalue weighted by Crippen LogP contribution is 2.18. The first-order valence-electron chi connectivity index (χ1n) is 3.90. The molecule has 0 aliphatic carbocycles. The lowest BCUT2D eigenvalue weighted by molar-refractivity contribution is 0.448. The summed E-state index contributed by atoms with van der Waals surface area (Å²) in [6.45, 7) is 4.30. The van der Waals surface area contributed by atoms with Gasteiger partial charge in [0.05, 0.1) is 6.20 Å². The summed E-state index contributed by atoms with van der Waals surface area (Å²) in [6, 6.07) is 0. The van der Waals surface area contributed by atoms with Gasteiger partial charge in [0.1, 0.15) is 17.5 Å². The number of fused-ring (bicyclic) bond motifs is 1. The largest absolute Gasteiger partial charge is 0.365 e. The highest BCUT2D eigenvalue weighted by atomic mass is 79.9. The minimum atomic E-state index is 0.475. The first-order chi connectivity index (χ1) is 6.77. The van der Waals surface area contributed by atoms with Crippen molar-refractivity contribution in [1.82, 2.24) is 15.1 Å². The van der Waals surface area contributed by atoms with Crippen molar-refractivity contribution in [1.29, 1.82) is 0 Å². The van der Waals surface area contributed by atoms with Crippen LogP contribution in [0.4, 0.5) is 5.82 Å². The molecule has 0 unspecified atom stereocenters. The summed E-state index contributed by atoms with van der Waals surface area (Å²) in [5.41, 5.74) is 0.475. The monoisotopic (exact) mass is 254 g/mol. The summed E-state index contributed by atoms with van der Waals surface area (Å²) in [4.78, 5) is 7.98. The van der Waals surface area contributed by atoms with E-state index in [0.29, 0.717) is 18.1 Å². The van der Waals surface area contributed by atoms with Gasteiger partial charge in [0, 0.05) is 11.0 Å². The maximum Gasteiger partial charge on any atom is 0.262 e. The third-order valence-corrected chi connectivity index (χ3v) is 1.90. The van der Waals surface area contributed by atoms with Gasteiger partial charge in [0.25, 0.3) is 5.71 Å². The van der Waals surface area contributed by atoms with Crippen LogP contribution in [0.1, 0.15) is 0 Å². The van der Waals surface area contributed by atoms with Gasteiger partial charge in [-0.15, -0.1) is 0 Å². The zero-order valence-electron chi connectivity index (χ0n) is 7.20. The number of anilines is 1. The molecule has 0 amide bonds. The van der Waals surface area contributed by atoms with Gasteiger partial charge >= 0.3 is 0 Å². The van der Waals surface area contributed by atoms with E-state index in [4.69, 9.17) is 4.52 Å². The van der Waals surface area contributed by atoms with E-state index in [2.05, 4.69) is 43.0 Å². The maximum atomic E-state index is 4.89. The zero-order valence-corrected chi connectivity index (χ0v) is 8.78. The Labute approximate surface area is 88.3 Å². The Hall–Kier alpha value is -1.43. The van der Waals surface area contributed by atoms with Crippen LogP contribution in [0.3, 0.4) is 0 Å². The van der Waals surface area contributed by atoms with Crippen LogP contribution in [-0.2, 0) is 0 Å². The molecule has 0 aliphatic rings. The minimum absolute atomic E-state index is 0.475. The lowest BCUT2D eigenvalue weighted by Gasteiger charge is -2.02. The SMILES string of the molecule is C=C(Br)CNc1ncnc2oncc12. The average molecular weight is 255 g/mol. The summed E-state index contributed by atoms with van der Waals surface area (Å²) in [5.74, 6) is 0.692. The van der Waals surface area contributed by atoms with Crippen LogP contribution in [0.2, 0.25) is 0 Å². The van der Waals surface area contributed by atoms with E-state index < -0.39 is 0 Å². The molecular weight excluding hydrogens is 248 g/mol. The Balaban J connectivity index is 2.32. The van der Waals surface area contributed by atoms with Crippen molar-refractivity contribution in [3.05, 3.63) is 23.6 Å². The van der Waals surface area contributed by atoms with Crippen molar-refractivity contribution >= 4 is 32.8 Å². The summed E-state index contributed by atoms with van der Waals surface area (Å²) in [5, 5.41) is 7.48. The number of aromatic nitrogens is 3. The molecular formula is C8H7BrN4O. The van der Waals surface area contributed by atoms with E-state index in [1.165, 1.54) is 6.33 Å². The molecule has 0 radical (unpaired) electrons. The molecule has 5 nitrogen and oxygen atoms in total. The van der Waals surface area contributed by atoms with Gasteiger partial charge in [-0.3, -0.25) is 0 Å². The molecule has 2 rings (SSSR count). The van der Waals surface area contributed by atoms with Crippen molar-refractivity contribution in [2.24, 2.45) is 0 Å². The molecule has 2 aromatic heterocycles. The second kappa shape index (κ2) is 3.75. The molecule has 0 fully saturated rings. The van der Waals surface area contributed by atoms with Crippen molar-refractivity contribution in [3.63, 3.8) is 0 Å². The summed E-state index contributed by atoms with van der Waals surface area (Å²) < 4.78 is 5.74. The summed E-state index contributed by atoms with van der Waals surface area (Å²) in [7, 11) is 0. The van der Waals surface area contributed by atoms with Gasteiger partial charge in [-0.25, -0.2) is 4.98 Å². The van der Waals surface area contributed by atoms with Crippen LogP contribution < -0.4 is 5.32 Å². The van der Waals surface area contributed by atoms with Crippen LogP contribution in [0.15, 0.2) is 28.1 Å². The van der Waals surface area contributed by atoms with Crippen molar-refractivity contribution in [2.45, 2.75) is 0 Å². The molecule has 0 saturated carbocycles. The lowest BCUT2D eigenvalue weighted by atomic mass is 10.4. The Morgan fingerprint density at radius 3 is 3.21 bits per heavy atom. The summed E-state index contributed by atoms with van der Waals surface area (Å²) in [6.07, 6.45) is 3.00. The fraction of sp³-hybridized carbons (Fsp3) is 0.125. The van der Waals surface area contributed by atoms with Crippen molar-refractivity contribution in [2.75, 3.05) is 11.9 Å². The van der Waals surface area contributed by atoms with Gasteiger partial charge < -0.3 is 9.84 Å². The van der Waals surface area contributed by atoms with E-state index in [1.54, 1.807) is 6.20 Å². The fourth-order valence-electron chi connectivity index (χ4n) is 1.02. The number of nitrogens with zero attached hydrogens (tertiary/aromatic N) is 3. The Morgan fingerprint density at radius 2 is 2.43 bits per heavy atom. The Morgan fingerprint density at radius 1 is 1.57 bits per heavy atom. The van der Waals surface area contributed by atoms with E-state index in [1.807, 2.05) is 0 Å². The number of halogens is 1. The molecule has 2 heterocycles. The van der Waals surface area contributed by atoms with Crippen LogP contribution in [-0.4, -0.2) is 21.7 Å². The van der Waals surface area contributed by atoms with Crippen molar-refractivity contribution < 1.29 is 4.52 Å². The van der Waals surface area contributed by atoms with Gasteiger partial charge in [-0.1, -0.05) is 27.7 Å². The second-order valence-electron chi connectivity index (χ2n) is 2.64. The van der Waals surface area contributed by atoms with Gasteiger partial charge in [0.15, 0.2) is 0 Å². The number of nitrogens with one attached hydrogen (secondary N) is 1. The molecule has 0 bridgehead atoms. The molecule has 0 atom stereocenters. The molecule has 0 saturated heterocycles. The topological polar surface area (TPSA) is 63.8 Å². The third kappa shape index (κ3) is 1.74. The molecule has 6 heteroatoms. The van der Waals surface area contributed by atoms with Crippen LogP contribution in [0.25, 0.3) is 11.1 Å². The predicted molar refractivity (Wildman–Crippen MR) is 56.2 cm³/mol. The molecule has 2 aromatic rings. The number of hydrogen-bond donors (Lipinski definition) is 1. The lowest BCUT2D eigenvalue weighted by Crippen LogP contribution is -2.02. The Kier molecular flexibility index (Phi) is 2.45. The van der Waals surface area contributed by atoms with Crippen LogP contribution in [0.5, 0.6) is 0 Å². The molecule has 72 valence electrons. The maximum absolute atomic E-state index is 4.89. The predicted octanol–water partition coefficient (Wildman–Crippen LogP) is 1.94. The first-order valence-corrected chi connectivity index (χ1v) is 4.69. The number of hydrogen-bond acceptors (Lipinski definition) is 5. The van der Waals surface area contributed by atoms with E-state index in [9.17, 15) is 0 Å². The fourth-order valence-corrected chi connectivity index (χ4v) is 1.16. The normalized spacial score (nSPS) is 10.4. The average Bonchev–Trinajstić information content (AvgIpc) is 2.62. The van der Waals surface area contributed by atoms with Crippen LogP contribution in [0, 0.1) is 0 Å². The van der Waals surface area contributed by atoms with Gasteiger partial charge in [-0.2, -0.15) is 4.98 Å². The molecule has 14 heavy (non-hydrogen) atoms. The highest BCUT2D eigenvalue weighted by molar-refractivity contribution is 9.11. The minimum Gasteiger partial charge on any atom is -0.365 e. The molecule has 0 aromatic carbocycles. The van der Waals surface area contributed by atoms with E-state index >= 15 is 0 Å². The summed E-state index contributed by atoms with van der Waals surface area (Å²) >= 11 is 3.25. The van der Waals surface area contributed by atoms with Crippen molar-refractivity contribution in [3.8, 4) is 0 Å². The van der Waals surface area contributed by atoms with Gasteiger partial charge in [-0.05, 0) is 0 Å². The third-order valence-electron chi connectivity index (χ3n) is 1.62. The second-order valence-corrected chi connectivity index (χ2v) is 3.76. The molecule has 0 spiro atoms. The molecule has 0 aliphatic heterocycles. The number of rotatable bonds is 3. The zero-order chi connectivity index (χ0) is 9.97. The smallest absolute Gasteiger partial charge is 0.262 e. The highest BCUT2D eigenvalue weighted by Gasteiger charge is 2.06. The van der Waals surface area contributed by atoms with E-state index in [0.717, 1.165) is 9.87 Å². The quantitative estimate of drug-likeness (QED) is 0.907. The molecule has 1 N–H and O–H groups in total. The van der Waals surface area contributed by atoms with Gasteiger partial charge in [0.2, 0.25) is 0 Å². The Bertz CT molecular complexity index is 467. The first kappa shape index (κ1) is 9.14. The standard InChI is InChI=1S/C8H7BrN4O/c1-5(9)2-10-7-6-3-13-14-8(6)12-4-11-7/h3-4H,1-2H2,(H,10,11,12). The van der Waals surface area contributed by atoms with Crippen LogP contribution >= 0.6 is 15.9 Å².